The molecule has 0 N–H and O–H groups in total. The van der Waals surface area contributed by atoms with E-state index in [1.165, 1.54) is 0 Å². The number of amides is 1. The first-order chi connectivity index (χ1) is 9.20. The van der Waals surface area contributed by atoms with Gasteiger partial charge < -0.3 is 4.90 Å². The summed E-state index contributed by atoms with van der Waals surface area (Å²) in [6.45, 7) is 3.31. The second-order valence-corrected chi connectivity index (χ2v) is 4.87. The molecule has 0 saturated carbocycles. The highest BCUT2D eigenvalue weighted by molar-refractivity contribution is 7.80. The molecule has 2 aromatic rings. The molecule has 0 bridgehead atoms. The first kappa shape index (κ1) is 13.7. The quantitative estimate of drug-likeness (QED) is 0.842. The fourth-order valence-electron chi connectivity index (χ4n) is 1.95. The molecule has 2 nitrogen and oxygen atoms in total. The summed E-state index contributed by atoms with van der Waals surface area (Å²) in [5, 5.41) is 0. The molecule has 2 aromatic carbocycles. The molecule has 0 radical (unpaired) electrons. The van der Waals surface area contributed by atoms with Crippen LogP contribution < -0.4 is 0 Å². The van der Waals surface area contributed by atoms with Crippen molar-refractivity contribution in [3.05, 3.63) is 65.7 Å². The van der Waals surface area contributed by atoms with E-state index in [1.807, 2.05) is 60.4 Å². The van der Waals surface area contributed by atoms with Gasteiger partial charge in [0, 0.05) is 23.5 Å². The Bertz CT molecular complexity index is 554. The monoisotopic (exact) mass is 271 g/mol. The summed E-state index contributed by atoms with van der Waals surface area (Å²) in [7, 11) is 0. The summed E-state index contributed by atoms with van der Waals surface area (Å²) in [5.74, 6) is 0.0438. The summed E-state index contributed by atoms with van der Waals surface area (Å²) in [6, 6.07) is 17.4. The minimum absolute atomic E-state index is 0.0438. The Balaban J connectivity index is 2.16. The van der Waals surface area contributed by atoms with Crippen LogP contribution in [0.1, 0.15) is 22.8 Å². The molecule has 0 heterocycles. The maximum absolute atomic E-state index is 12.4. The second kappa shape index (κ2) is 6.43. The van der Waals surface area contributed by atoms with Crippen LogP contribution in [0, 0.1) is 0 Å². The van der Waals surface area contributed by atoms with E-state index in [0.29, 0.717) is 18.7 Å². The van der Waals surface area contributed by atoms with E-state index >= 15 is 0 Å². The summed E-state index contributed by atoms with van der Waals surface area (Å²) >= 11 is 4.27. The van der Waals surface area contributed by atoms with Gasteiger partial charge in [-0.1, -0.05) is 36.4 Å². The highest BCUT2D eigenvalue weighted by Gasteiger charge is 2.14. The molecule has 1 amide bonds. The third kappa shape index (κ3) is 3.61. The highest BCUT2D eigenvalue weighted by atomic mass is 32.1. The van der Waals surface area contributed by atoms with E-state index in [4.69, 9.17) is 0 Å². The topological polar surface area (TPSA) is 20.3 Å². The molecule has 19 heavy (non-hydrogen) atoms. The minimum Gasteiger partial charge on any atom is -0.335 e. The van der Waals surface area contributed by atoms with Gasteiger partial charge in [0.2, 0.25) is 0 Å². The Morgan fingerprint density at radius 2 is 1.84 bits per heavy atom. The van der Waals surface area contributed by atoms with Crippen LogP contribution in [0.3, 0.4) is 0 Å². The molecule has 0 aliphatic rings. The average molecular weight is 271 g/mol. The van der Waals surface area contributed by atoms with Gasteiger partial charge >= 0.3 is 0 Å². The number of benzene rings is 2. The van der Waals surface area contributed by atoms with Gasteiger partial charge in [-0.3, -0.25) is 4.79 Å². The number of carbonyl (C=O) groups excluding carboxylic acids is 1. The molecular formula is C16H17NOS. The van der Waals surface area contributed by atoms with Crippen molar-refractivity contribution in [1.82, 2.24) is 4.90 Å². The van der Waals surface area contributed by atoms with Gasteiger partial charge in [-0.05, 0) is 30.7 Å². The van der Waals surface area contributed by atoms with Crippen LogP contribution in [0.5, 0.6) is 0 Å². The zero-order chi connectivity index (χ0) is 13.7. The van der Waals surface area contributed by atoms with E-state index in [1.54, 1.807) is 6.07 Å². The van der Waals surface area contributed by atoms with Crippen LogP contribution in [0.25, 0.3) is 0 Å². The van der Waals surface area contributed by atoms with Gasteiger partial charge in [0.05, 0.1) is 0 Å². The first-order valence-corrected chi connectivity index (χ1v) is 6.77. The third-order valence-electron chi connectivity index (χ3n) is 2.98. The molecule has 0 fully saturated rings. The van der Waals surface area contributed by atoms with E-state index in [-0.39, 0.29) is 5.91 Å². The molecule has 0 aliphatic heterocycles. The highest BCUT2D eigenvalue weighted by Crippen LogP contribution is 2.13. The van der Waals surface area contributed by atoms with Crippen molar-refractivity contribution in [1.29, 1.82) is 0 Å². The van der Waals surface area contributed by atoms with Crippen LogP contribution in [-0.2, 0) is 6.54 Å². The molecule has 2 rings (SSSR count). The smallest absolute Gasteiger partial charge is 0.254 e. The minimum atomic E-state index is 0.0438. The number of thiol groups is 1. The summed E-state index contributed by atoms with van der Waals surface area (Å²) in [6.07, 6.45) is 0. The maximum Gasteiger partial charge on any atom is 0.254 e. The number of nitrogens with zero attached hydrogens (tertiary/aromatic N) is 1. The zero-order valence-electron chi connectivity index (χ0n) is 10.9. The van der Waals surface area contributed by atoms with Gasteiger partial charge in [0.25, 0.3) is 5.91 Å². The Labute approximate surface area is 119 Å². The first-order valence-electron chi connectivity index (χ1n) is 6.33. The van der Waals surface area contributed by atoms with Crippen molar-refractivity contribution in [3.8, 4) is 0 Å². The number of hydrogen-bond acceptors (Lipinski definition) is 2. The molecule has 0 aliphatic carbocycles. The van der Waals surface area contributed by atoms with Crippen LogP contribution in [0.4, 0.5) is 0 Å². The van der Waals surface area contributed by atoms with E-state index < -0.39 is 0 Å². The van der Waals surface area contributed by atoms with Crippen molar-refractivity contribution in [2.24, 2.45) is 0 Å². The molecule has 0 aromatic heterocycles. The zero-order valence-corrected chi connectivity index (χ0v) is 11.8. The Hall–Kier alpha value is -1.74. The predicted molar refractivity (Wildman–Crippen MR) is 80.6 cm³/mol. The van der Waals surface area contributed by atoms with Crippen molar-refractivity contribution in [2.45, 2.75) is 18.4 Å². The van der Waals surface area contributed by atoms with E-state index in [9.17, 15) is 4.79 Å². The SMILES string of the molecule is CCN(Cc1ccccc1)C(=O)c1cccc(S)c1. The molecule has 98 valence electrons. The van der Waals surface area contributed by atoms with E-state index in [0.717, 1.165) is 10.5 Å². The number of hydrogen-bond donors (Lipinski definition) is 1. The molecule has 0 atom stereocenters. The lowest BCUT2D eigenvalue weighted by molar-refractivity contribution is 0.0752. The Morgan fingerprint density at radius 1 is 1.11 bits per heavy atom. The van der Waals surface area contributed by atoms with Crippen molar-refractivity contribution >= 4 is 18.5 Å². The molecule has 3 heteroatoms. The lowest BCUT2D eigenvalue weighted by atomic mass is 10.1. The Morgan fingerprint density at radius 3 is 2.47 bits per heavy atom. The molecular weight excluding hydrogens is 254 g/mol. The van der Waals surface area contributed by atoms with Crippen LogP contribution >= 0.6 is 12.6 Å². The fraction of sp³-hybridized carbons (Fsp3) is 0.188. The van der Waals surface area contributed by atoms with Crippen LogP contribution in [0.2, 0.25) is 0 Å². The van der Waals surface area contributed by atoms with Gasteiger partial charge in [-0.25, -0.2) is 0 Å². The maximum atomic E-state index is 12.4. The number of rotatable bonds is 4. The van der Waals surface area contributed by atoms with Gasteiger partial charge in [-0.2, -0.15) is 0 Å². The summed E-state index contributed by atoms with van der Waals surface area (Å²) < 4.78 is 0. The van der Waals surface area contributed by atoms with Crippen molar-refractivity contribution in [2.75, 3.05) is 6.54 Å². The van der Waals surface area contributed by atoms with Crippen LogP contribution in [-0.4, -0.2) is 17.4 Å². The lowest BCUT2D eigenvalue weighted by Crippen LogP contribution is -2.30. The largest absolute Gasteiger partial charge is 0.335 e. The normalized spacial score (nSPS) is 10.2. The average Bonchev–Trinajstić information content (AvgIpc) is 2.45. The van der Waals surface area contributed by atoms with Gasteiger partial charge in [-0.15, -0.1) is 12.6 Å². The molecule has 0 unspecified atom stereocenters. The van der Waals surface area contributed by atoms with Crippen molar-refractivity contribution in [3.63, 3.8) is 0 Å². The second-order valence-electron chi connectivity index (χ2n) is 4.36. The Kier molecular flexibility index (Phi) is 4.63. The molecule has 0 saturated heterocycles. The van der Waals surface area contributed by atoms with Gasteiger partial charge in [0.15, 0.2) is 0 Å². The van der Waals surface area contributed by atoms with Crippen LogP contribution in [0.15, 0.2) is 59.5 Å². The van der Waals surface area contributed by atoms with E-state index in [2.05, 4.69) is 12.6 Å². The molecule has 0 spiro atoms. The standard InChI is InChI=1S/C16H17NOS/c1-2-17(12-13-7-4-3-5-8-13)16(18)14-9-6-10-15(19)11-14/h3-11,19H,2,12H2,1H3. The number of carbonyl (C=O) groups is 1. The summed E-state index contributed by atoms with van der Waals surface area (Å²) in [5.41, 5.74) is 1.82. The summed E-state index contributed by atoms with van der Waals surface area (Å²) in [4.78, 5) is 15.1. The van der Waals surface area contributed by atoms with Gasteiger partial charge in [0.1, 0.15) is 0 Å². The predicted octanol–water partition coefficient (Wildman–Crippen LogP) is 3.64. The fourth-order valence-corrected chi connectivity index (χ4v) is 2.18. The third-order valence-corrected chi connectivity index (χ3v) is 3.26. The van der Waals surface area contributed by atoms with Crippen molar-refractivity contribution < 1.29 is 4.79 Å². The lowest BCUT2D eigenvalue weighted by Gasteiger charge is -2.21.